The first-order valence-corrected chi connectivity index (χ1v) is 10.1. The van der Waals surface area contributed by atoms with Gasteiger partial charge in [0.15, 0.2) is 6.10 Å². The Morgan fingerprint density at radius 1 is 1.32 bits per heavy atom. The van der Waals surface area contributed by atoms with Gasteiger partial charge >= 0.3 is 6.03 Å². The van der Waals surface area contributed by atoms with Gasteiger partial charge in [-0.25, -0.2) is 18.6 Å². The van der Waals surface area contributed by atoms with Crippen LogP contribution in [0.4, 0.5) is 19.3 Å². The number of carbonyl (C=O) groups excluding carboxylic acids is 1. The van der Waals surface area contributed by atoms with Crippen molar-refractivity contribution in [3.63, 3.8) is 0 Å². The molecule has 2 aliphatic rings. The molecule has 2 aromatic rings. The number of halogens is 3. The fourth-order valence-corrected chi connectivity index (χ4v) is 3.63. The lowest BCUT2D eigenvalue weighted by atomic mass is 10.0. The number of likely N-dealkylation sites (tertiary alicyclic amines) is 1. The molecule has 4 rings (SSSR count). The van der Waals surface area contributed by atoms with E-state index in [9.17, 15) is 18.7 Å². The minimum atomic E-state index is -0.719. The smallest absolute Gasteiger partial charge is 0.321 e. The fraction of sp³-hybridized carbons (Fsp3) is 0.333. The van der Waals surface area contributed by atoms with E-state index >= 15 is 0 Å². The number of pyridine rings is 1. The highest BCUT2D eigenvalue weighted by Gasteiger charge is 2.27. The predicted octanol–water partition coefficient (Wildman–Crippen LogP) is 3.86. The van der Waals surface area contributed by atoms with Crippen molar-refractivity contribution < 1.29 is 28.2 Å². The van der Waals surface area contributed by atoms with Gasteiger partial charge in [-0.15, -0.1) is 0 Å². The predicted molar refractivity (Wildman–Crippen MR) is 110 cm³/mol. The molecule has 31 heavy (non-hydrogen) atoms. The van der Waals surface area contributed by atoms with Crippen molar-refractivity contribution >= 4 is 29.4 Å². The zero-order valence-corrected chi connectivity index (χ0v) is 17.2. The third-order valence-electron chi connectivity index (χ3n) is 5.09. The second-order valence-corrected chi connectivity index (χ2v) is 7.67. The molecule has 1 unspecified atom stereocenters. The number of anilines is 1. The van der Waals surface area contributed by atoms with Crippen LogP contribution < -0.4 is 14.8 Å². The van der Waals surface area contributed by atoms with E-state index in [1.165, 1.54) is 12.3 Å². The summed E-state index contributed by atoms with van der Waals surface area (Å²) in [5.41, 5.74) is 1.10. The van der Waals surface area contributed by atoms with Gasteiger partial charge in [0.2, 0.25) is 5.75 Å². The van der Waals surface area contributed by atoms with Gasteiger partial charge in [-0.1, -0.05) is 17.2 Å². The summed E-state index contributed by atoms with van der Waals surface area (Å²) in [4.78, 5) is 18.4. The number of ether oxygens (including phenoxy) is 2. The second kappa shape index (κ2) is 9.07. The fourth-order valence-electron chi connectivity index (χ4n) is 3.44. The highest BCUT2D eigenvalue weighted by Crippen LogP contribution is 2.37. The first-order chi connectivity index (χ1) is 14.9. The number of hydrogen-bond acceptors (Lipinski definition) is 5. The van der Waals surface area contributed by atoms with Crippen molar-refractivity contribution in [3.8, 4) is 11.6 Å². The number of fused-ring (bicyclic) bond motifs is 1. The van der Waals surface area contributed by atoms with E-state index in [-0.39, 0.29) is 41.5 Å². The lowest BCUT2D eigenvalue weighted by Gasteiger charge is -2.30. The van der Waals surface area contributed by atoms with Gasteiger partial charge in [0.25, 0.3) is 5.88 Å². The average molecular weight is 452 g/mol. The normalized spacial score (nSPS) is 18.0. The number of aliphatic hydroxyl groups is 1. The summed E-state index contributed by atoms with van der Waals surface area (Å²) in [6, 6.07) is 3.39. The van der Waals surface area contributed by atoms with Crippen LogP contribution >= 0.6 is 11.6 Å². The zero-order chi connectivity index (χ0) is 22.0. The summed E-state index contributed by atoms with van der Waals surface area (Å²) < 4.78 is 39.1. The van der Waals surface area contributed by atoms with E-state index in [2.05, 4.69) is 10.3 Å². The van der Waals surface area contributed by atoms with E-state index in [1.54, 1.807) is 11.0 Å². The van der Waals surface area contributed by atoms with Crippen LogP contribution in [0.5, 0.6) is 11.6 Å². The zero-order valence-electron chi connectivity index (χ0n) is 16.4. The Kier molecular flexibility index (Phi) is 6.24. The number of aliphatic hydroxyl groups excluding tert-OH is 1. The molecule has 0 saturated carbocycles. The van der Waals surface area contributed by atoms with Crippen molar-refractivity contribution in [2.75, 3.05) is 31.6 Å². The topological polar surface area (TPSA) is 83.9 Å². The number of carbonyl (C=O) groups is 1. The molecule has 0 bridgehead atoms. The first-order valence-electron chi connectivity index (χ1n) is 9.74. The summed E-state index contributed by atoms with van der Waals surface area (Å²) >= 11 is 5.66. The Bertz CT molecular complexity index is 1000. The summed E-state index contributed by atoms with van der Waals surface area (Å²) in [5.74, 6) is -0.919. The van der Waals surface area contributed by atoms with Crippen molar-refractivity contribution in [2.24, 2.45) is 0 Å². The van der Waals surface area contributed by atoms with Crippen LogP contribution in [0.15, 0.2) is 30.0 Å². The Morgan fingerprint density at radius 3 is 2.71 bits per heavy atom. The number of hydrogen-bond donors (Lipinski definition) is 2. The number of urea groups is 1. The van der Waals surface area contributed by atoms with Gasteiger partial charge in [0, 0.05) is 29.9 Å². The van der Waals surface area contributed by atoms with Crippen molar-refractivity contribution in [3.05, 3.63) is 52.2 Å². The maximum atomic E-state index is 14.0. The summed E-state index contributed by atoms with van der Waals surface area (Å²) in [5, 5.41) is 12.1. The van der Waals surface area contributed by atoms with Gasteiger partial charge in [-0.2, -0.15) is 0 Å². The molecule has 0 radical (unpaired) electrons. The Balaban J connectivity index is 1.41. The Morgan fingerprint density at radius 2 is 2.03 bits per heavy atom. The molecule has 0 aliphatic carbocycles. The van der Waals surface area contributed by atoms with Gasteiger partial charge in [-0.05, 0) is 37.1 Å². The largest absolute Gasteiger partial charge is 0.477 e. The van der Waals surface area contributed by atoms with E-state index < -0.39 is 17.7 Å². The molecule has 2 aliphatic heterocycles. The molecule has 1 atom stereocenters. The average Bonchev–Trinajstić information content (AvgIpc) is 2.76. The highest BCUT2D eigenvalue weighted by molar-refractivity contribution is 6.30. The number of aromatic nitrogens is 1. The van der Waals surface area contributed by atoms with Crippen LogP contribution in [0.25, 0.3) is 6.08 Å². The number of amides is 2. The van der Waals surface area contributed by atoms with Crippen LogP contribution in [-0.2, 0) is 0 Å². The number of nitrogens with one attached hydrogen (secondary N) is 1. The van der Waals surface area contributed by atoms with Crippen LogP contribution in [0.1, 0.15) is 18.4 Å². The molecular formula is C21H20ClF2N3O4. The number of benzene rings is 1. The molecular weight excluding hydrogens is 432 g/mol. The molecule has 3 heterocycles. The van der Waals surface area contributed by atoms with Crippen molar-refractivity contribution in [2.45, 2.75) is 18.9 Å². The Labute approximate surface area is 182 Å². The van der Waals surface area contributed by atoms with Gasteiger partial charge in [0.05, 0.1) is 12.3 Å². The van der Waals surface area contributed by atoms with Crippen LogP contribution in [0.3, 0.4) is 0 Å². The summed E-state index contributed by atoms with van der Waals surface area (Å²) in [6.07, 6.45) is 3.40. The van der Waals surface area contributed by atoms with Crippen LogP contribution in [0, 0.1) is 11.6 Å². The van der Waals surface area contributed by atoms with Gasteiger partial charge in [0.1, 0.15) is 18.2 Å². The number of nitrogens with zero attached hydrogens (tertiary/aromatic N) is 2. The molecule has 1 aromatic heterocycles. The lowest BCUT2D eigenvalue weighted by Crippen LogP contribution is -2.39. The summed E-state index contributed by atoms with van der Waals surface area (Å²) in [6.45, 7) is 0.721. The maximum Gasteiger partial charge on any atom is 0.321 e. The van der Waals surface area contributed by atoms with Gasteiger partial charge < -0.3 is 24.8 Å². The monoisotopic (exact) mass is 451 g/mol. The van der Waals surface area contributed by atoms with Crippen LogP contribution in [-0.4, -0.2) is 53.4 Å². The Hall–Kier alpha value is -2.91. The standard InChI is InChI=1S/C21H20ClF2N3O4/c22-13-8-16(23)15(17(24)9-13)7-12-2-5-27(6-3-12)21(29)26-18-1-4-25-20-19(18)31-14(10-28)11-30-20/h1,4,7-9,14,28H,2-3,5-6,10-11H2,(H,25,26,29). The third-order valence-corrected chi connectivity index (χ3v) is 5.31. The van der Waals surface area contributed by atoms with Crippen LogP contribution in [0.2, 0.25) is 5.02 Å². The molecule has 1 fully saturated rings. The number of rotatable bonds is 3. The van der Waals surface area contributed by atoms with E-state index in [1.807, 2.05) is 0 Å². The van der Waals surface area contributed by atoms with E-state index in [4.69, 9.17) is 21.1 Å². The molecule has 1 aromatic carbocycles. The van der Waals surface area contributed by atoms with E-state index in [0.29, 0.717) is 31.6 Å². The molecule has 2 amide bonds. The minimum absolute atomic E-state index is 0.00151. The van der Waals surface area contributed by atoms with Crippen molar-refractivity contribution in [1.29, 1.82) is 0 Å². The quantitative estimate of drug-likeness (QED) is 0.740. The minimum Gasteiger partial charge on any atom is -0.477 e. The van der Waals surface area contributed by atoms with Crippen molar-refractivity contribution in [1.82, 2.24) is 9.88 Å². The molecule has 164 valence electrons. The molecule has 7 nitrogen and oxygen atoms in total. The maximum absolute atomic E-state index is 14.0. The second-order valence-electron chi connectivity index (χ2n) is 7.23. The number of piperidine rings is 1. The third kappa shape index (κ3) is 4.72. The highest BCUT2D eigenvalue weighted by atomic mass is 35.5. The lowest BCUT2D eigenvalue weighted by molar-refractivity contribution is 0.0431. The molecule has 0 spiro atoms. The van der Waals surface area contributed by atoms with E-state index in [0.717, 1.165) is 17.7 Å². The summed E-state index contributed by atoms with van der Waals surface area (Å²) in [7, 11) is 0. The molecule has 1 saturated heterocycles. The molecule has 10 heteroatoms. The SMILES string of the molecule is O=C(Nc1ccnc2c1OC(CO)CO2)N1CCC(=Cc2c(F)cc(Cl)cc2F)CC1. The first kappa shape index (κ1) is 21.3. The molecule has 2 N–H and O–H groups in total. The van der Waals surface area contributed by atoms with Gasteiger partial charge in [-0.3, -0.25) is 0 Å².